The molecule has 1 aromatic carbocycles. The van der Waals surface area contributed by atoms with E-state index in [0.717, 1.165) is 75.5 Å². The van der Waals surface area contributed by atoms with Crippen LogP contribution in [0.4, 0.5) is 27.7 Å². The first-order valence-electron chi connectivity index (χ1n) is 15.6. The van der Waals surface area contributed by atoms with Crippen LogP contribution >= 0.6 is 0 Å². The number of fused-ring (bicyclic) bond motifs is 1. The number of carbonyl (C=O) groups is 2. The minimum atomic E-state index is -0.126. The molecule has 2 atom stereocenters. The molecule has 0 radical (unpaired) electrons. The molecule has 3 heterocycles. The van der Waals surface area contributed by atoms with E-state index >= 15 is 0 Å². The Kier molecular flexibility index (Phi) is 6.53. The fourth-order valence-corrected chi connectivity index (χ4v) is 8.86. The summed E-state index contributed by atoms with van der Waals surface area (Å²) in [6, 6.07) is 12.7. The summed E-state index contributed by atoms with van der Waals surface area (Å²) < 4.78 is 0. The van der Waals surface area contributed by atoms with Gasteiger partial charge in [0.25, 0.3) is 0 Å². The third-order valence-corrected chi connectivity index (χ3v) is 10.7. The number of urea groups is 1. The molecule has 41 heavy (non-hydrogen) atoms. The highest BCUT2D eigenvalue weighted by Crippen LogP contribution is 2.59. The van der Waals surface area contributed by atoms with Gasteiger partial charge in [-0.15, -0.1) is 0 Å². The van der Waals surface area contributed by atoms with E-state index in [1.165, 1.54) is 12.0 Å². The molecule has 4 aliphatic carbocycles. The smallest absolute Gasteiger partial charge is 0.322 e. The van der Waals surface area contributed by atoms with Crippen LogP contribution in [0.2, 0.25) is 0 Å². The number of hydrogen-bond donors (Lipinski definition) is 1. The van der Waals surface area contributed by atoms with Crippen molar-refractivity contribution in [1.82, 2.24) is 15.2 Å². The molecule has 1 aromatic heterocycles. The number of benzene rings is 1. The van der Waals surface area contributed by atoms with Crippen molar-refractivity contribution < 1.29 is 9.59 Å². The lowest BCUT2D eigenvalue weighted by atomic mass is 9.48. The Morgan fingerprint density at radius 2 is 1.63 bits per heavy atom. The first-order chi connectivity index (χ1) is 19.7. The number of anilines is 4. The van der Waals surface area contributed by atoms with Gasteiger partial charge in [-0.2, -0.15) is 0 Å². The zero-order chi connectivity index (χ0) is 28.4. The van der Waals surface area contributed by atoms with Crippen LogP contribution < -0.4 is 20.0 Å². The van der Waals surface area contributed by atoms with E-state index in [1.54, 1.807) is 0 Å². The van der Waals surface area contributed by atoms with Gasteiger partial charge in [0.05, 0.1) is 23.3 Å². The molecule has 8 rings (SSSR count). The van der Waals surface area contributed by atoms with E-state index in [2.05, 4.69) is 59.0 Å². The van der Waals surface area contributed by atoms with Gasteiger partial charge in [-0.05, 0) is 94.9 Å². The number of piperazine rings is 1. The van der Waals surface area contributed by atoms with Gasteiger partial charge in [-0.3, -0.25) is 9.80 Å². The van der Waals surface area contributed by atoms with Gasteiger partial charge in [-0.25, -0.2) is 9.78 Å². The third kappa shape index (κ3) is 4.78. The Labute approximate surface area is 244 Å². The van der Waals surface area contributed by atoms with Gasteiger partial charge >= 0.3 is 6.03 Å². The quantitative estimate of drug-likeness (QED) is 0.531. The summed E-state index contributed by atoms with van der Waals surface area (Å²) in [6.45, 7) is 12.3. The average Bonchev–Trinajstić information content (AvgIpc) is 2.98. The van der Waals surface area contributed by atoms with E-state index in [0.29, 0.717) is 30.8 Å². The number of rotatable bonds is 4. The van der Waals surface area contributed by atoms with E-state index in [1.807, 2.05) is 29.3 Å². The lowest BCUT2D eigenvalue weighted by Crippen LogP contribution is -2.61. The summed E-state index contributed by atoms with van der Waals surface area (Å²) in [5.74, 6) is 2.41. The standard InChI is InChI=1S/C33H44N6O2/c1-32(2,3)37-12-10-36(11-13-37)26-8-9-29(34-21-26)38-14-15-39(28-7-5-4-6-27(28)38)31(41)35-30-24-16-23-17-25(30)20-33(18-23,19-24)22-40/h4-9,21-25,30H,10-20H2,1-3H3,(H,35,41). The molecule has 2 aliphatic heterocycles. The van der Waals surface area contributed by atoms with Crippen LogP contribution in [0.25, 0.3) is 0 Å². The molecule has 2 amide bonds. The molecule has 2 aromatic rings. The molecule has 5 fully saturated rings. The molecule has 1 N–H and O–H groups in total. The fraction of sp³-hybridized carbons (Fsp3) is 0.606. The maximum absolute atomic E-state index is 13.8. The van der Waals surface area contributed by atoms with Crippen LogP contribution in [0.3, 0.4) is 0 Å². The second-order valence-corrected chi connectivity index (χ2v) is 14.2. The summed E-state index contributed by atoms with van der Waals surface area (Å²) >= 11 is 0. The van der Waals surface area contributed by atoms with Crippen molar-refractivity contribution in [3.8, 4) is 0 Å². The van der Waals surface area contributed by atoms with Gasteiger partial charge in [0.2, 0.25) is 0 Å². The largest absolute Gasteiger partial charge is 0.368 e. The molecule has 2 unspecified atom stereocenters. The maximum Gasteiger partial charge on any atom is 0.322 e. The van der Waals surface area contributed by atoms with Gasteiger partial charge in [-0.1, -0.05) is 12.1 Å². The fourth-order valence-electron chi connectivity index (χ4n) is 8.86. The normalized spacial score (nSPS) is 31.2. The number of aldehydes is 1. The SMILES string of the molecule is CC(C)(C)N1CCN(c2ccc(N3CCN(C(=O)NC4C5CC6CC4CC(C=O)(C6)C5)c4ccccc43)nc2)CC1. The highest BCUT2D eigenvalue weighted by molar-refractivity contribution is 5.98. The second kappa shape index (κ2) is 10.0. The Bertz CT molecular complexity index is 1280. The molecule has 6 aliphatic rings. The van der Waals surface area contributed by atoms with Crippen molar-refractivity contribution in [2.45, 2.75) is 64.5 Å². The van der Waals surface area contributed by atoms with Gasteiger partial charge in [0.15, 0.2) is 0 Å². The number of amides is 2. The highest BCUT2D eigenvalue weighted by atomic mass is 16.2. The van der Waals surface area contributed by atoms with Gasteiger partial charge in [0.1, 0.15) is 12.1 Å². The third-order valence-electron chi connectivity index (χ3n) is 10.7. The van der Waals surface area contributed by atoms with E-state index in [9.17, 15) is 9.59 Å². The van der Waals surface area contributed by atoms with Crippen LogP contribution in [0, 0.1) is 23.2 Å². The molecule has 4 bridgehead atoms. The minimum absolute atomic E-state index is 0.00701. The van der Waals surface area contributed by atoms with Gasteiger partial charge in [0, 0.05) is 56.3 Å². The molecular weight excluding hydrogens is 512 g/mol. The Balaban J connectivity index is 1.04. The molecular formula is C33H44N6O2. The van der Waals surface area contributed by atoms with Crippen LogP contribution in [-0.4, -0.2) is 73.1 Å². The van der Waals surface area contributed by atoms with Gasteiger partial charge < -0.3 is 19.9 Å². The summed E-state index contributed by atoms with van der Waals surface area (Å²) in [7, 11) is 0. The average molecular weight is 557 g/mol. The number of nitrogens with zero attached hydrogens (tertiary/aromatic N) is 5. The molecule has 4 saturated carbocycles. The van der Waals surface area contributed by atoms with Crippen molar-refractivity contribution >= 4 is 35.2 Å². The number of pyridine rings is 1. The molecule has 8 nitrogen and oxygen atoms in total. The lowest BCUT2D eigenvalue weighted by molar-refractivity contribution is -0.133. The predicted octanol–water partition coefficient (Wildman–Crippen LogP) is 5.06. The summed E-state index contributed by atoms with van der Waals surface area (Å²) in [6.07, 6.45) is 8.47. The topological polar surface area (TPSA) is 72.0 Å². The predicted molar refractivity (Wildman–Crippen MR) is 163 cm³/mol. The highest BCUT2D eigenvalue weighted by Gasteiger charge is 2.56. The summed E-state index contributed by atoms with van der Waals surface area (Å²) in [4.78, 5) is 39.7. The van der Waals surface area contributed by atoms with Crippen molar-refractivity contribution in [2.24, 2.45) is 23.2 Å². The first kappa shape index (κ1) is 26.7. The van der Waals surface area contributed by atoms with Crippen LogP contribution in [-0.2, 0) is 4.79 Å². The number of nitrogens with one attached hydrogen (secondary N) is 1. The number of carbonyl (C=O) groups excluding carboxylic acids is 2. The van der Waals surface area contributed by atoms with Crippen molar-refractivity contribution in [1.29, 1.82) is 0 Å². The van der Waals surface area contributed by atoms with E-state index in [-0.39, 0.29) is 23.0 Å². The first-order valence-corrected chi connectivity index (χ1v) is 15.6. The molecule has 218 valence electrons. The zero-order valence-electron chi connectivity index (χ0n) is 24.8. The van der Waals surface area contributed by atoms with Crippen molar-refractivity contribution in [3.05, 3.63) is 42.6 Å². The maximum atomic E-state index is 13.8. The number of aromatic nitrogens is 1. The van der Waals surface area contributed by atoms with Crippen LogP contribution in [0.1, 0.15) is 52.9 Å². The lowest BCUT2D eigenvalue weighted by Gasteiger charge is -2.58. The molecule has 0 spiro atoms. The Morgan fingerprint density at radius 3 is 2.27 bits per heavy atom. The number of para-hydroxylation sites is 2. The van der Waals surface area contributed by atoms with Crippen molar-refractivity contribution in [2.75, 3.05) is 54.0 Å². The molecule has 8 heteroatoms. The van der Waals surface area contributed by atoms with E-state index in [4.69, 9.17) is 4.98 Å². The van der Waals surface area contributed by atoms with Crippen molar-refractivity contribution in [3.63, 3.8) is 0 Å². The van der Waals surface area contributed by atoms with Crippen LogP contribution in [0.5, 0.6) is 0 Å². The minimum Gasteiger partial charge on any atom is -0.368 e. The second-order valence-electron chi connectivity index (χ2n) is 14.2. The summed E-state index contributed by atoms with van der Waals surface area (Å²) in [5.41, 5.74) is 3.18. The Hall–Kier alpha value is -3.13. The monoisotopic (exact) mass is 556 g/mol. The summed E-state index contributed by atoms with van der Waals surface area (Å²) in [5, 5.41) is 3.45. The van der Waals surface area contributed by atoms with E-state index < -0.39 is 0 Å². The zero-order valence-corrected chi connectivity index (χ0v) is 24.8. The van der Waals surface area contributed by atoms with Crippen LogP contribution in [0.15, 0.2) is 42.6 Å². The number of hydrogen-bond acceptors (Lipinski definition) is 6. The Morgan fingerprint density at radius 1 is 0.927 bits per heavy atom. The molecule has 1 saturated heterocycles.